The van der Waals surface area contributed by atoms with Crippen LogP contribution in [-0.2, 0) is 11.2 Å². The third kappa shape index (κ3) is 1.91. The lowest BCUT2D eigenvalue weighted by Crippen LogP contribution is -1.98. The largest absolute Gasteiger partial charge is 0.481 e. The van der Waals surface area contributed by atoms with Crippen molar-refractivity contribution in [1.82, 2.24) is 9.38 Å². The lowest BCUT2D eigenvalue weighted by molar-refractivity contribution is -0.136. The molecular formula is C12H14N2O2. The quantitative estimate of drug-likeness (QED) is 0.856. The van der Waals surface area contributed by atoms with E-state index in [0.29, 0.717) is 6.42 Å². The number of aliphatic carboxylic acids is 1. The van der Waals surface area contributed by atoms with Crippen LogP contribution >= 0.6 is 0 Å². The Kier molecular flexibility index (Phi) is 2.64. The molecule has 0 aliphatic rings. The molecule has 1 N–H and O–H groups in total. The van der Waals surface area contributed by atoms with E-state index < -0.39 is 5.97 Å². The summed E-state index contributed by atoms with van der Waals surface area (Å²) in [5.41, 5.74) is 3.03. The van der Waals surface area contributed by atoms with E-state index in [-0.39, 0.29) is 6.42 Å². The minimum absolute atomic E-state index is 0.125. The van der Waals surface area contributed by atoms with Gasteiger partial charge in [-0.3, -0.25) is 4.79 Å². The molecule has 0 fully saturated rings. The molecule has 0 aliphatic carbocycles. The number of imidazole rings is 1. The summed E-state index contributed by atoms with van der Waals surface area (Å²) in [4.78, 5) is 15.0. The van der Waals surface area contributed by atoms with Gasteiger partial charge in [-0.15, -0.1) is 0 Å². The molecule has 0 radical (unpaired) electrons. The van der Waals surface area contributed by atoms with Crippen molar-refractivity contribution in [2.75, 3.05) is 0 Å². The van der Waals surface area contributed by atoms with Crippen LogP contribution < -0.4 is 0 Å². The number of aryl methyl sites for hydroxylation is 3. The molecule has 2 aromatic heterocycles. The Balaban J connectivity index is 2.44. The number of carbonyl (C=O) groups is 1. The van der Waals surface area contributed by atoms with Crippen molar-refractivity contribution in [3.05, 3.63) is 35.4 Å². The Morgan fingerprint density at radius 2 is 2.25 bits per heavy atom. The van der Waals surface area contributed by atoms with Gasteiger partial charge in [0.25, 0.3) is 0 Å². The van der Waals surface area contributed by atoms with E-state index in [9.17, 15) is 4.79 Å². The summed E-state index contributed by atoms with van der Waals surface area (Å²) < 4.78 is 1.99. The monoisotopic (exact) mass is 218 g/mol. The SMILES string of the molecule is Cc1ccn2c(C)nc(CCC(=O)O)c2c1. The molecule has 16 heavy (non-hydrogen) atoms. The van der Waals surface area contributed by atoms with Crippen molar-refractivity contribution in [1.29, 1.82) is 0 Å². The summed E-state index contributed by atoms with van der Waals surface area (Å²) >= 11 is 0. The van der Waals surface area contributed by atoms with E-state index in [1.54, 1.807) is 0 Å². The number of hydrogen-bond acceptors (Lipinski definition) is 2. The maximum absolute atomic E-state index is 10.5. The van der Waals surface area contributed by atoms with Crippen LogP contribution in [0.3, 0.4) is 0 Å². The van der Waals surface area contributed by atoms with E-state index in [1.165, 1.54) is 0 Å². The average molecular weight is 218 g/mol. The van der Waals surface area contributed by atoms with E-state index in [2.05, 4.69) is 4.98 Å². The molecule has 0 aliphatic heterocycles. The zero-order valence-electron chi connectivity index (χ0n) is 9.40. The van der Waals surface area contributed by atoms with E-state index in [4.69, 9.17) is 5.11 Å². The second kappa shape index (κ2) is 3.96. The summed E-state index contributed by atoms with van der Waals surface area (Å²) in [7, 11) is 0. The molecule has 0 aromatic carbocycles. The Morgan fingerprint density at radius 1 is 1.50 bits per heavy atom. The highest BCUT2D eigenvalue weighted by Gasteiger charge is 2.09. The van der Waals surface area contributed by atoms with Crippen molar-refractivity contribution >= 4 is 11.5 Å². The van der Waals surface area contributed by atoms with Gasteiger partial charge in [0.1, 0.15) is 5.82 Å². The van der Waals surface area contributed by atoms with Gasteiger partial charge in [0.15, 0.2) is 0 Å². The van der Waals surface area contributed by atoms with Gasteiger partial charge in [-0.25, -0.2) is 4.98 Å². The molecule has 0 spiro atoms. The van der Waals surface area contributed by atoms with Gasteiger partial charge in [0.05, 0.1) is 17.6 Å². The summed E-state index contributed by atoms with van der Waals surface area (Å²) in [5, 5.41) is 8.67. The second-order valence-corrected chi connectivity index (χ2v) is 3.96. The van der Waals surface area contributed by atoms with Crippen LogP contribution in [0.25, 0.3) is 5.52 Å². The topological polar surface area (TPSA) is 54.6 Å². The van der Waals surface area contributed by atoms with Crippen molar-refractivity contribution in [3.63, 3.8) is 0 Å². The molecule has 84 valence electrons. The highest BCUT2D eigenvalue weighted by molar-refractivity contribution is 5.68. The summed E-state index contributed by atoms with van der Waals surface area (Å²) in [5.74, 6) is 0.113. The lowest BCUT2D eigenvalue weighted by atomic mass is 10.2. The van der Waals surface area contributed by atoms with Gasteiger partial charge < -0.3 is 9.51 Å². The van der Waals surface area contributed by atoms with Gasteiger partial charge in [-0.05, 0) is 31.5 Å². The highest BCUT2D eigenvalue weighted by Crippen LogP contribution is 2.16. The van der Waals surface area contributed by atoms with Crippen molar-refractivity contribution in [3.8, 4) is 0 Å². The molecule has 0 unspecified atom stereocenters. The molecule has 2 aromatic rings. The fourth-order valence-electron chi connectivity index (χ4n) is 1.83. The Morgan fingerprint density at radius 3 is 2.94 bits per heavy atom. The molecule has 0 atom stereocenters. The van der Waals surface area contributed by atoms with Crippen molar-refractivity contribution in [2.45, 2.75) is 26.7 Å². The molecule has 0 saturated carbocycles. The third-order valence-corrected chi connectivity index (χ3v) is 2.63. The fraction of sp³-hybridized carbons (Fsp3) is 0.333. The molecule has 4 heteroatoms. The molecule has 2 rings (SSSR count). The first-order chi connectivity index (χ1) is 7.58. The summed E-state index contributed by atoms with van der Waals surface area (Å²) in [6.07, 6.45) is 2.58. The lowest BCUT2D eigenvalue weighted by Gasteiger charge is -1.99. The molecule has 0 bridgehead atoms. The van der Waals surface area contributed by atoms with Crippen LogP contribution in [0.15, 0.2) is 18.3 Å². The number of aromatic nitrogens is 2. The molecule has 4 nitrogen and oxygen atoms in total. The maximum atomic E-state index is 10.5. The number of carboxylic acid groups (broad SMARTS) is 1. The van der Waals surface area contributed by atoms with Gasteiger partial charge >= 0.3 is 5.97 Å². The third-order valence-electron chi connectivity index (χ3n) is 2.63. The Hall–Kier alpha value is -1.84. The van der Waals surface area contributed by atoms with Crippen LogP contribution in [0, 0.1) is 13.8 Å². The Bertz CT molecular complexity index is 543. The predicted molar refractivity (Wildman–Crippen MR) is 60.6 cm³/mol. The first kappa shape index (κ1) is 10.7. The van der Waals surface area contributed by atoms with Gasteiger partial charge in [-0.1, -0.05) is 0 Å². The van der Waals surface area contributed by atoms with Crippen LogP contribution in [0.5, 0.6) is 0 Å². The first-order valence-electron chi connectivity index (χ1n) is 5.24. The van der Waals surface area contributed by atoms with Gasteiger partial charge in [0.2, 0.25) is 0 Å². The van der Waals surface area contributed by atoms with Crippen LogP contribution in [-0.4, -0.2) is 20.5 Å². The number of rotatable bonds is 3. The number of hydrogen-bond donors (Lipinski definition) is 1. The molecule has 0 amide bonds. The maximum Gasteiger partial charge on any atom is 0.303 e. The van der Waals surface area contributed by atoms with Crippen LogP contribution in [0.2, 0.25) is 0 Å². The molecule has 0 saturated heterocycles. The summed E-state index contributed by atoms with van der Waals surface area (Å²) in [6.45, 7) is 3.94. The summed E-state index contributed by atoms with van der Waals surface area (Å²) in [6, 6.07) is 4.06. The molecular weight excluding hydrogens is 204 g/mol. The van der Waals surface area contributed by atoms with Gasteiger partial charge in [0, 0.05) is 12.6 Å². The van der Waals surface area contributed by atoms with E-state index >= 15 is 0 Å². The van der Waals surface area contributed by atoms with Crippen LogP contribution in [0.4, 0.5) is 0 Å². The van der Waals surface area contributed by atoms with E-state index in [0.717, 1.165) is 22.6 Å². The predicted octanol–water partition coefficient (Wildman–Crippen LogP) is 1.97. The van der Waals surface area contributed by atoms with E-state index in [1.807, 2.05) is 36.6 Å². The van der Waals surface area contributed by atoms with Crippen molar-refractivity contribution < 1.29 is 9.90 Å². The highest BCUT2D eigenvalue weighted by atomic mass is 16.4. The van der Waals surface area contributed by atoms with Crippen molar-refractivity contribution in [2.24, 2.45) is 0 Å². The fourth-order valence-corrected chi connectivity index (χ4v) is 1.83. The first-order valence-corrected chi connectivity index (χ1v) is 5.24. The number of pyridine rings is 1. The van der Waals surface area contributed by atoms with Gasteiger partial charge in [-0.2, -0.15) is 0 Å². The second-order valence-electron chi connectivity index (χ2n) is 3.96. The number of nitrogens with zero attached hydrogens (tertiary/aromatic N) is 2. The number of fused-ring (bicyclic) bond motifs is 1. The smallest absolute Gasteiger partial charge is 0.303 e. The normalized spacial score (nSPS) is 10.9. The zero-order chi connectivity index (χ0) is 11.7. The zero-order valence-corrected chi connectivity index (χ0v) is 9.40. The average Bonchev–Trinajstić information content (AvgIpc) is 2.52. The molecule has 2 heterocycles. The minimum Gasteiger partial charge on any atom is -0.481 e. The standard InChI is InChI=1S/C12H14N2O2/c1-8-5-6-14-9(2)13-10(11(14)7-8)3-4-12(15)16/h5-7H,3-4H2,1-2H3,(H,15,16). The minimum atomic E-state index is -0.786. The Labute approximate surface area is 93.5 Å². The van der Waals surface area contributed by atoms with Crippen LogP contribution in [0.1, 0.15) is 23.5 Å². The number of carboxylic acids is 1.